The molecule has 3 heteroatoms. The van der Waals surface area contributed by atoms with Crippen molar-refractivity contribution in [1.29, 1.82) is 0 Å². The van der Waals surface area contributed by atoms with Crippen LogP contribution in [0.2, 0.25) is 0 Å². The number of nitrogens with two attached hydrogens (primary N) is 1. The van der Waals surface area contributed by atoms with E-state index in [0.717, 1.165) is 31.4 Å². The van der Waals surface area contributed by atoms with Crippen molar-refractivity contribution >= 4 is 5.82 Å². The first kappa shape index (κ1) is 11.8. The van der Waals surface area contributed by atoms with Crippen LogP contribution in [-0.2, 0) is 5.41 Å². The first-order valence-corrected chi connectivity index (χ1v) is 5.60. The molecule has 0 amide bonds. The number of hydrogen-bond acceptors (Lipinski definition) is 2. The third-order valence-corrected chi connectivity index (χ3v) is 3.35. The number of aromatic nitrogens is 2. The van der Waals surface area contributed by atoms with Crippen molar-refractivity contribution in [3.05, 3.63) is 24.4 Å². The van der Waals surface area contributed by atoms with Gasteiger partial charge < -0.3 is 5.73 Å². The van der Waals surface area contributed by atoms with Crippen LogP contribution in [0.15, 0.2) is 18.7 Å². The maximum Gasteiger partial charge on any atom is 0.145 e. The van der Waals surface area contributed by atoms with Gasteiger partial charge in [-0.05, 0) is 25.7 Å². The molecule has 84 valence electrons. The molecule has 3 N–H and O–H groups in total. The lowest BCUT2D eigenvalue weighted by atomic mass is 9.75. The summed E-state index contributed by atoms with van der Waals surface area (Å²) in [4.78, 5) is 0. The van der Waals surface area contributed by atoms with E-state index in [9.17, 15) is 0 Å². The molecule has 1 aromatic heterocycles. The van der Waals surface area contributed by atoms with Crippen molar-refractivity contribution in [2.24, 2.45) is 0 Å². The maximum atomic E-state index is 5.65. The Balaban J connectivity index is 2.93. The molecular formula is C12H21N3. The summed E-state index contributed by atoms with van der Waals surface area (Å²) in [6.07, 6.45) is 6.30. The third kappa shape index (κ3) is 2.41. The number of nitrogens with one attached hydrogen (secondary N) is 1. The summed E-state index contributed by atoms with van der Waals surface area (Å²) in [5.74, 6) is 0.579. The molecule has 0 aliphatic heterocycles. The summed E-state index contributed by atoms with van der Waals surface area (Å²) in [6.45, 7) is 8.20. The van der Waals surface area contributed by atoms with E-state index in [1.807, 2.05) is 12.1 Å². The Labute approximate surface area is 91.8 Å². The smallest absolute Gasteiger partial charge is 0.145 e. The predicted octanol–water partition coefficient (Wildman–Crippen LogP) is 3.02. The van der Waals surface area contributed by atoms with Crippen molar-refractivity contribution in [2.45, 2.75) is 44.9 Å². The number of aromatic amines is 1. The van der Waals surface area contributed by atoms with Gasteiger partial charge in [-0.3, -0.25) is 5.10 Å². The Kier molecular flexibility index (Phi) is 3.95. The molecule has 0 radical (unpaired) electrons. The molecule has 0 aliphatic carbocycles. The molecule has 1 aromatic rings. The number of rotatable bonds is 6. The average molecular weight is 207 g/mol. The van der Waals surface area contributed by atoms with Crippen LogP contribution in [0.4, 0.5) is 5.82 Å². The van der Waals surface area contributed by atoms with Gasteiger partial charge >= 0.3 is 0 Å². The van der Waals surface area contributed by atoms with Crippen LogP contribution in [0, 0.1) is 0 Å². The van der Waals surface area contributed by atoms with Gasteiger partial charge in [-0.1, -0.05) is 19.9 Å². The third-order valence-electron chi connectivity index (χ3n) is 3.35. The highest BCUT2D eigenvalue weighted by atomic mass is 15.2. The van der Waals surface area contributed by atoms with Crippen LogP contribution in [0.25, 0.3) is 0 Å². The molecule has 0 saturated heterocycles. The van der Waals surface area contributed by atoms with Crippen LogP contribution < -0.4 is 5.73 Å². The number of hydrogen-bond donors (Lipinski definition) is 2. The normalized spacial score (nSPS) is 11.6. The van der Waals surface area contributed by atoms with Crippen LogP contribution in [0.1, 0.15) is 45.2 Å². The van der Waals surface area contributed by atoms with E-state index < -0.39 is 0 Å². The number of allylic oxidation sites excluding steroid dienone is 1. The van der Waals surface area contributed by atoms with Gasteiger partial charge in [-0.15, -0.1) is 6.58 Å². The number of H-pyrrole nitrogens is 1. The molecule has 0 bridgehead atoms. The molecule has 3 nitrogen and oxygen atoms in total. The predicted molar refractivity (Wildman–Crippen MR) is 64.7 cm³/mol. The standard InChI is InChI=1S/C12H21N3/c1-4-7-8-12(5-2,6-3)10-9-11(13)15-14-10/h4,9H,1,5-8H2,2-3H3,(H3,13,14,15). The van der Waals surface area contributed by atoms with E-state index in [2.05, 4.69) is 30.6 Å². The monoisotopic (exact) mass is 207 g/mol. The van der Waals surface area contributed by atoms with Gasteiger partial charge in [-0.25, -0.2) is 0 Å². The largest absolute Gasteiger partial charge is 0.382 e. The van der Waals surface area contributed by atoms with E-state index in [1.54, 1.807) is 0 Å². The zero-order valence-corrected chi connectivity index (χ0v) is 9.71. The van der Waals surface area contributed by atoms with Crippen molar-refractivity contribution < 1.29 is 0 Å². The Bertz CT molecular complexity index is 310. The molecule has 0 aromatic carbocycles. The number of nitrogen functional groups attached to an aromatic ring is 1. The van der Waals surface area contributed by atoms with Gasteiger partial charge in [0.1, 0.15) is 5.82 Å². The minimum absolute atomic E-state index is 0.179. The van der Waals surface area contributed by atoms with Crippen molar-refractivity contribution in [3.8, 4) is 0 Å². The van der Waals surface area contributed by atoms with E-state index in [4.69, 9.17) is 5.73 Å². The minimum atomic E-state index is 0.179. The van der Waals surface area contributed by atoms with Gasteiger partial charge in [0.25, 0.3) is 0 Å². The molecule has 0 fully saturated rings. The van der Waals surface area contributed by atoms with Crippen LogP contribution in [-0.4, -0.2) is 10.2 Å². The second-order valence-electron chi connectivity index (χ2n) is 4.02. The zero-order valence-electron chi connectivity index (χ0n) is 9.71. The van der Waals surface area contributed by atoms with Gasteiger partial charge in [0.05, 0.1) is 0 Å². The minimum Gasteiger partial charge on any atom is -0.382 e. The molecule has 15 heavy (non-hydrogen) atoms. The number of anilines is 1. The fraction of sp³-hybridized carbons (Fsp3) is 0.583. The Morgan fingerprint density at radius 2 is 2.20 bits per heavy atom. The van der Waals surface area contributed by atoms with Crippen molar-refractivity contribution in [2.75, 3.05) is 5.73 Å². The van der Waals surface area contributed by atoms with E-state index >= 15 is 0 Å². The van der Waals surface area contributed by atoms with Crippen LogP contribution in [0.5, 0.6) is 0 Å². The lowest BCUT2D eigenvalue weighted by molar-refractivity contribution is 0.358. The summed E-state index contributed by atoms with van der Waals surface area (Å²) in [7, 11) is 0. The summed E-state index contributed by atoms with van der Waals surface area (Å²) >= 11 is 0. The topological polar surface area (TPSA) is 54.7 Å². The quantitative estimate of drug-likeness (QED) is 0.704. The Morgan fingerprint density at radius 3 is 2.60 bits per heavy atom. The zero-order chi connectivity index (χ0) is 11.3. The number of nitrogens with zero attached hydrogens (tertiary/aromatic N) is 1. The Hall–Kier alpha value is -1.25. The first-order chi connectivity index (χ1) is 7.18. The summed E-state index contributed by atoms with van der Waals surface area (Å²) in [5, 5.41) is 7.06. The second kappa shape index (κ2) is 5.01. The summed E-state index contributed by atoms with van der Waals surface area (Å²) in [6, 6.07) is 1.95. The molecule has 0 spiro atoms. The Morgan fingerprint density at radius 1 is 1.53 bits per heavy atom. The molecular weight excluding hydrogens is 186 g/mol. The van der Waals surface area contributed by atoms with Gasteiger partial charge in [0.2, 0.25) is 0 Å². The van der Waals surface area contributed by atoms with E-state index in [0.29, 0.717) is 5.82 Å². The average Bonchev–Trinajstić information content (AvgIpc) is 2.68. The fourth-order valence-electron chi connectivity index (χ4n) is 2.11. The molecule has 1 heterocycles. The molecule has 0 unspecified atom stereocenters. The van der Waals surface area contributed by atoms with Crippen LogP contribution in [0.3, 0.4) is 0 Å². The maximum absolute atomic E-state index is 5.65. The summed E-state index contributed by atoms with van der Waals surface area (Å²) in [5.41, 5.74) is 6.99. The molecule has 0 saturated carbocycles. The highest BCUT2D eigenvalue weighted by Gasteiger charge is 2.29. The first-order valence-electron chi connectivity index (χ1n) is 5.60. The van der Waals surface area contributed by atoms with Gasteiger partial charge in [0, 0.05) is 17.2 Å². The SMILES string of the molecule is C=CCCC(CC)(CC)c1cc(N)n[nH]1. The lowest BCUT2D eigenvalue weighted by Gasteiger charge is -2.30. The van der Waals surface area contributed by atoms with Crippen molar-refractivity contribution in [3.63, 3.8) is 0 Å². The lowest BCUT2D eigenvalue weighted by Crippen LogP contribution is -2.24. The highest BCUT2D eigenvalue weighted by molar-refractivity contribution is 5.32. The van der Waals surface area contributed by atoms with E-state index in [-0.39, 0.29) is 5.41 Å². The van der Waals surface area contributed by atoms with Gasteiger partial charge in [0.15, 0.2) is 0 Å². The summed E-state index contributed by atoms with van der Waals surface area (Å²) < 4.78 is 0. The van der Waals surface area contributed by atoms with Crippen LogP contribution >= 0.6 is 0 Å². The van der Waals surface area contributed by atoms with Gasteiger partial charge in [-0.2, -0.15) is 5.10 Å². The second-order valence-corrected chi connectivity index (χ2v) is 4.02. The molecule has 0 atom stereocenters. The van der Waals surface area contributed by atoms with E-state index in [1.165, 1.54) is 0 Å². The fourth-order valence-corrected chi connectivity index (χ4v) is 2.11. The highest BCUT2D eigenvalue weighted by Crippen LogP contribution is 2.35. The van der Waals surface area contributed by atoms with Crippen molar-refractivity contribution in [1.82, 2.24) is 10.2 Å². The molecule has 1 rings (SSSR count). The molecule has 0 aliphatic rings.